The number of carboxylic acid groups (broad SMARTS) is 1. The van der Waals surface area contributed by atoms with E-state index in [-0.39, 0.29) is 23.5 Å². The average molecular weight is 433 g/mol. The Labute approximate surface area is 177 Å². The zero-order valence-corrected chi connectivity index (χ0v) is 17.3. The minimum absolute atomic E-state index is 0.205. The molecule has 3 atom stereocenters. The summed E-state index contributed by atoms with van der Waals surface area (Å²) in [6.45, 7) is 3.31. The van der Waals surface area contributed by atoms with E-state index in [9.17, 15) is 24.3 Å². The molecule has 0 saturated carbocycles. The van der Waals surface area contributed by atoms with E-state index in [1.165, 1.54) is 16.7 Å². The van der Waals surface area contributed by atoms with E-state index in [2.05, 4.69) is 10.6 Å². The van der Waals surface area contributed by atoms with Crippen molar-refractivity contribution in [3.05, 3.63) is 35.9 Å². The Hall–Kier alpha value is -3.08. The molecular weight excluding hydrogens is 410 g/mol. The Morgan fingerprint density at radius 1 is 1.33 bits per heavy atom. The molecule has 10 nitrogen and oxygen atoms in total. The van der Waals surface area contributed by atoms with Gasteiger partial charge in [0, 0.05) is 0 Å². The first-order chi connectivity index (χ1) is 14.0. The van der Waals surface area contributed by atoms with Gasteiger partial charge in [-0.3, -0.25) is 24.7 Å². The summed E-state index contributed by atoms with van der Waals surface area (Å²) in [5.74, 6) is -3.53. The monoisotopic (exact) mass is 433 g/mol. The number of hydrogen-bond acceptors (Lipinski definition) is 6. The summed E-state index contributed by atoms with van der Waals surface area (Å²) >= 11 is 1.31. The molecule has 0 spiro atoms. The number of benzene rings is 1. The van der Waals surface area contributed by atoms with Crippen LogP contribution >= 0.6 is 11.8 Å². The smallest absolute Gasteiger partial charge is 0.352 e. The van der Waals surface area contributed by atoms with Crippen LogP contribution in [-0.2, 0) is 19.2 Å². The van der Waals surface area contributed by atoms with Crippen molar-refractivity contribution < 1.29 is 24.3 Å². The topological polar surface area (TPSA) is 166 Å². The SMILES string of the molecule is CC1(C)S[C@@H]2CC(=O)N2[C@@]1(NC(=O)C(NC(=O)CC(=N)N)c1ccccc1)C(=O)O. The Morgan fingerprint density at radius 2 is 1.97 bits per heavy atom. The number of carbonyl (C=O) groups excluding carboxylic acids is 3. The number of amides is 3. The van der Waals surface area contributed by atoms with Crippen LogP contribution in [0.4, 0.5) is 0 Å². The van der Waals surface area contributed by atoms with E-state index >= 15 is 0 Å². The summed E-state index contributed by atoms with van der Waals surface area (Å²) in [5, 5.41) is 22.1. The molecule has 2 fully saturated rings. The third-order valence-corrected chi connectivity index (χ3v) is 6.77. The molecule has 2 heterocycles. The minimum atomic E-state index is -1.97. The molecule has 0 bridgehead atoms. The van der Waals surface area contributed by atoms with Gasteiger partial charge in [-0.2, -0.15) is 0 Å². The second-order valence-corrected chi connectivity index (χ2v) is 9.47. The number of aliphatic carboxylic acids is 1. The van der Waals surface area contributed by atoms with Crippen LogP contribution in [-0.4, -0.2) is 55.3 Å². The Kier molecular flexibility index (Phi) is 5.50. The maximum absolute atomic E-state index is 13.3. The van der Waals surface area contributed by atoms with Gasteiger partial charge in [0.1, 0.15) is 6.04 Å². The summed E-state index contributed by atoms with van der Waals surface area (Å²) in [7, 11) is 0. The van der Waals surface area contributed by atoms with Gasteiger partial charge in [-0.05, 0) is 19.4 Å². The number of amidine groups is 1. The van der Waals surface area contributed by atoms with Crippen molar-refractivity contribution in [2.75, 3.05) is 0 Å². The van der Waals surface area contributed by atoms with E-state index < -0.39 is 40.7 Å². The molecule has 0 aliphatic carbocycles. The highest BCUT2D eigenvalue weighted by Gasteiger charge is 2.70. The Morgan fingerprint density at radius 3 is 2.50 bits per heavy atom. The zero-order valence-electron chi connectivity index (χ0n) is 16.5. The van der Waals surface area contributed by atoms with Gasteiger partial charge in [0.15, 0.2) is 0 Å². The number of fused-ring (bicyclic) bond motifs is 1. The van der Waals surface area contributed by atoms with Crippen LogP contribution in [0.3, 0.4) is 0 Å². The number of nitrogens with zero attached hydrogens (tertiary/aromatic N) is 1. The third-order valence-electron chi connectivity index (χ3n) is 5.23. The fraction of sp³-hybridized carbons (Fsp3) is 0.421. The summed E-state index contributed by atoms with van der Waals surface area (Å²) in [4.78, 5) is 51.3. The van der Waals surface area contributed by atoms with Crippen molar-refractivity contribution in [2.24, 2.45) is 5.73 Å². The van der Waals surface area contributed by atoms with Crippen LogP contribution in [0.15, 0.2) is 30.3 Å². The summed E-state index contributed by atoms with van der Waals surface area (Å²) in [6.07, 6.45) is -0.203. The largest absolute Gasteiger partial charge is 0.478 e. The van der Waals surface area contributed by atoms with E-state index in [0.717, 1.165) is 0 Å². The summed E-state index contributed by atoms with van der Waals surface area (Å²) < 4.78 is -1.02. The van der Waals surface area contributed by atoms with Gasteiger partial charge >= 0.3 is 5.97 Å². The average Bonchev–Trinajstić information content (AvgIpc) is 2.82. The number of thioether (sulfide) groups is 1. The van der Waals surface area contributed by atoms with Crippen molar-refractivity contribution in [1.82, 2.24) is 15.5 Å². The van der Waals surface area contributed by atoms with Crippen LogP contribution < -0.4 is 16.4 Å². The number of nitrogens with two attached hydrogens (primary N) is 1. The molecular formula is C19H23N5O5S. The predicted octanol–water partition coefficient (Wildman–Crippen LogP) is 0.151. The number of nitrogens with one attached hydrogen (secondary N) is 3. The summed E-state index contributed by atoms with van der Waals surface area (Å²) in [5.41, 5.74) is 3.72. The van der Waals surface area contributed by atoms with Gasteiger partial charge in [0.2, 0.25) is 23.4 Å². The lowest BCUT2D eigenvalue weighted by atomic mass is 9.89. The first kappa shape index (κ1) is 21.6. The van der Waals surface area contributed by atoms with Gasteiger partial charge in [-0.1, -0.05) is 30.3 Å². The van der Waals surface area contributed by atoms with E-state index in [4.69, 9.17) is 11.1 Å². The molecule has 1 aromatic carbocycles. The molecule has 3 amide bonds. The van der Waals surface area contributed by atoms with E-state index in [1.807, 2.05) is 0 Å². The van der Waals surface area contributed by atoms with Crippen molar-refractivity contribution in [3.8, 4) is 0 Å². The third kappa shape index (κ3) is 3.49. The van der Waals surface area contributed by atoms with Gasteiger partial charge in [-0.25, -0.2) is 4.79 Å². The molecule has 1 unspecified atom stereocenters. The molecule has 6 N–H and O–H groups in total. The zero-order chi connectivity index (χ0) is 22.3. The normalized spacial score (nSPS) is 24.9. The second-order valence-electron chi connectivity index (χ2n) is 7.67. The van der Waals surface area contributed by atoms with E-state index in [1.54, 1.807) is 44.2 Å². The van der Waals surface area contributed by atoms with Crippen LogP contribution in [0.25, 0.3) is 0 Å². The first-order valence-corrected chi connectivity index (χ1v) is 10.1. The lowest BCUT2D eigenvalue weighted by Crippen LogP contribution is -2.75. The van der Waals surface area contributed by atoms with Crippen LogP contribution in [0.1, 0.15) is 38.3 Å². The molecule has 1 aromatic rings. The molecule has 160 valence electrons. The van der Waals surface area contributed by atoms with Gasteiger partial charge < -0.3 is 21.5 Å². The number of carboxylic acids is 1. The lowest BCUT2D eigenvalue weighted by Gasteiger charge is -2.46. The number of hydrogen-bond donors (Lipinski definition) is 5. The predicted molar refractivity (Wildman–Crippen MR) is 109 cm³/mol. The number of rotatable bonds is 7. The molecule has 2 aliphatic rings. The fourth-order valence-electron chi connectivity index (χ4n) is 3.81. The van der Waals surface area contributed by atoms with Crippen molar-refractivity contribution in [3.63, 3.8) is 0 Å². The van der Waals surface area contributed by atoms with Crippen molar-refractivity contribution in [2.45, 2.75) is 48.5 Å². The van der Waals surface area contributed by atoms with E-state index in [0.29, 0.717) is 5.56 Å². The molecule has 3 rings (SSSR count). The summed E-state index contributed by atoms with van der Waals surface area (Å²) in [6, 6.07) is 7.06. The molecule has 0 radical (unpaired) electrons. The maximum Gasteiger partial charge on any atom is 0.352 e. The standard InChI is InChI=1S/C19H23N5O5S/c1-18(2)19(17(28)29,24-13(26)9-14(24)30-18)23-16(27)15(10-6-4-3-5-7-10)22-12(25)8-11(20)21/h3-7,14-15H,8-9H2,1-2H3,(H3,20,21)(H,22,25)(H,23,27)(H,28,29)/t14-,15?,19+/m1/s1. The highest BCUT2D eigenvalue weighted by atomic mass is 32.2. The quantitative estimate of drug-likeness (QED) is 0.232. The lowest BCUT2D eigenvalue weighted by molar-refractivity contribution is -0.173. The first-order valence-electron chi connectivity index (χ1n) is 9.22. The van der Waals surface area contributed by atoms with Crippen LogP contribution in [0.2, 0.25) is 0 Å². The molecule has 30 heavy (non-hydrogen) atoms. The van der Waals surface area contributed by atoms with Crippen molar-refractivity contribution in [1.29, 1.82) is 5.41 Å². The Balaban J connectivity index is 1.95. The highest BCUT2D eigenvalue weighted by molar-refractivity contribution is 8.01. The maximum atomic E-state index is 13.3. The number of β-lactam (4-membered cyclic amide) rings is 1. The molecule has 11 heteroatoms. The van der Waals surface area contributed by atoms with Crippen molar-refractivity contribution >= 4 is 41.3 Å². The minimum Gasteiger partial charge on any atom is -0.478 e. The molecule has 0 aromatic heterocycles. The van der Waals surface area contributed by atoms with Gasteiger partial charge in [-0.15, -0.1) is 11.8 Å². The van der Waals surface area contributed by atoms with Crippen LogP contribution in [0.5, 0.6) is 0 Å². The van der Waals surface area contributed by atoms with Gasteiger partial charge in [0.05, 0.1) is 28.8 Å². The van der Waals surface area contributed by atoms with Gasteiger partial charge in [0.25, 0.3) is 0 Å². The number of carbonyl (C=O) groups is 4. The van der Waals surface area contributed by atoms with Crippen LogP contribution in [0, 0.1) is 5.41 Å². The second kappa shape index (κ2) is 7.63. The highest BCUT2D eigenvalue weighted by Crippen LogP contribution is 2.55. The molecule has 2 aliphatic heterocycles. The fourth-order valence-corrected chi connectivity index (χ4v) is 5.50. The molecule has 2 saturated heterocycles. The Bertz CT molecular complexity index is 921.